The van der Waals surface area contributed by atoms with Crippen LogP contribution < -0.4 is 10.1 Å². The number of aromatic nitrogens is 1. The van der Waals surface area contributed by atoms with Gasteiger partial charge in [-0.25, -0.2) is 0 Å². The van der Waals surface area contributed by atoms with Crippen LogP contribution in [0.3, 0.4) is 0 Å². The van der Waals surface area contributed by atoms with Crippen LogP contribution in [0.25, 0.3) is 0 Å². The summed E-state index contributed by atoms with van der Waals surface area (Å²) in [6.45, 7) is 0. The highest BCUT2D eigenvalue weighted by atomic mass is 16.5. The van der Waals surface area contributed by atoms with E-state index < -0.39 is 0 Å². The molecular formula is C19H20N2O2. The lowest BCUT2D eigenvalue weighted by molar-refractivity contribution is -0.125. The number of carbonyl (C=O) groups is 1. The first kappa shape index (κ1) is 15.3. The van der Waals surface area contributed by atoms with E-state index >= 15 is 0 Å². The van der Waals surface area contributed by atoms with Crippen molar-refractivity contribution in [3.63, 3.8) is 0 Å². The maximum absolute atomic E-state index is 12.5. The largest absolute Gasteiger partial charge is 0.497 e. The maximum atomic E-state index is 12.5. The van der Waals surface area contributed by atoms with Gasteiger partial charge in [0.2, 0.25) is 5.91 Å². The van der Waals surface area contributed by atoms with Crippen molar-refractivity contribution in [2.45, 2.75) is 18.9 Å². The lowest BCUT2D eigenvalue weighted by Crippen LogP contribution is -2.33. The van der Waals surface area contributed by atoms with Crippen LogP contribution in [0.4, 0.5) is 0 Å². The van der Waals surface area contributed by atoms with Crippen molar-refractivity contribution in [3.8, 4) is 5.75 Å². The fourth-order valence-corrected chi connectivity index (χ4v) is 2.80. The van der Waals surface area contributed by atoms with E-state index in [0.29, 0.717) is 0 Å². The van der Waals surface area contributed by atoms with E-state index in [0.717, 1.165) is 29.7 Å². The summed E-state index contributed by atoms with van der Waals surface area (Å²) in [7, 11) is 1.64. The van der Waals surface area contributed by atoms with Crippen LogP contribution in [0.5, 0.6) is 5.75 Å². The van der Waals surface area contributed by atoms with Crippen molar-refractivity contribution >= 4 is 5.91 Å². The number of hydrogen-bond acceptors (Lipinski definition) is 3. The second kappa shape index (κ2) is 7.09. The van der Waals surface area contributed by atoms with Crippen molar-refractivity contribution < 1.29 is 9.53 Å². The summed E-state index contributed by atoms with van der Waals surface area (Å²) in [5.41, 5.74) is 2.04. The van der Waals surface area contributed by atoms with Gasteiger partial charge in [-0.2, -0.15) is 0 Å². The minimum atomic E-state index is -0.183. The van der Waals surface area contributed by atoms with E-state index in [1.54, 1.807) is 19.5 Å². The Morgan fingerprint density at radius 1 is 1.09 bits per heavy atom. The van der Waals surface area contributed by atoms with Crippen molar-refractivity contribution in [1.82, 2.24) is 10.3 Å². The molecule has 0 radical (unpaired) electrons. The highest BCUT2D eigenvalue weighted by molar-refractivity contribution is 5.80. The summed E-state index contributed by atoms with van der Waals surface area (Å²) in [5.74, 6) is 0.929. The Balaban J connectivity index is 1.85. The van der Waals surface area contributed by atoms with Gasteiger partial charge in [-0.3, -0.25) is 9.78 Å². The molecule has 4 nitrogen and oxygen atoms in total. The van der Waals surface area contributed by atoms with Gasteiger partial charge in [0.15, 0.2) is 0 Å². The zero-order chi connectivity index (χ0) is 16.1. The molecule has 1 aliphatic rings. The number of methoxy groups -OCH3 is 1. The van der Waals surface area contributed by atoms with Crippen LogP contribution in [0.1, 0.15) is 30.0 Å². The maximum Gasteiger partial charge on any atom is 0.224 e. The predicted octanol–water partition coefficient (Wildman–Crippen LogP) is 3.26. The second-order valence-corrected chi connectivity index (χ2v) is 5.64. The Morgan fingerprint density at radius 3 is 2.30 bits per heavy atom. The molecule has 23 heavy (non-hydrogen) atoms. The Labute approximate surface area is 136 Å². The highest BCUT2D eigenvalue weighted by Gasteiger charge is 2.23. The number of rotatable bonds is 5. The van der Waals surface area contributed by atoms with Crippen LogP contribution >= 0.6 is 0 Å². The molecule has 0 aliphatic heterocycles. The Morgan fingerprint density at radius 2 is 1.70 bits per heavy atom. The normalized spacial score (nSPS) is 15.3. The molecule has 1 N–H and O–H groups in total. The fraction of sp³-hybridized carbons (Fsp3) is 0.263. The zero-order valence-corrected chi connectivity index (χ0v) is 13.1. The van der Waals surface area contributed by atoms with Crippen LogP contribution in [-0.4, -0.2) is 18.0 Å². The van der Waals surface area contributed by atoms with E-state index in [1.165, 1.54) is 0 Å². The zero-order valence-electron chi connectivity index (χ0n) is 13.1. The van der Waals surface area contributed by atoms with E-state index in [1.807, 2.05) is 36.4 Å². The van der Waals surface area contributed by atoms with Gasteiger partial charge in [-0.1, -0.05) is 24.3 Å². The third-order valence-electron chi connectivity index (χ3n) is 4.15. The summed E-state index contributed by atoms with van der Waals surface area (Å²) in [6.07, 6.45) is 9.26. The van der Waals surface area contributed by atoms with Gasteiger partial charge in [0.1, 0.15) is 5.75 Å². The smallest absolute Gasteiger partial charge is 0.224 e. The van der Waals surface area contributed by atoms with Crippen LogP contribution in [0.2, 0.25) is 0 Å². The monoisotopic (exact) mass is 308 g/mol. The molecule has 0 bridgehead atoms. The van der Waals surface area contributed by atoms with E-state index in [4.69, 9.17) is 4.74 Å². The summed E-state index contributed by atoms with van der Waals surface area (Å²) < 4.78 is 5.21. The summed E-state index contributed by atoms with van der Waals surface area (Å²) in [5, 5.41) is 3.18. The number of amides is 1. The van der Waals surface area contributed by atoms with Crippen molar-refractivity contribution in [2.75, 3.05) is 7.11 Å². The minimum absolute atomic E-state index is 0.0394. The standard InChI is InChI=1S/C19H20N2O2/c1-23-17-8-6-14(7-9-17)18(15-10-12-20-13-11-15)21-19(22)16-4-2-3-5-16/h2-3,6-13,16,18H,4-5H2,1H3,(H,21,22). The molecule has 4 heteroatoms. The van der Waals surface area contributed by atoms with Gasteiger partial charge in [-0.15, -0.1) is 0 Å². The van der Waals surface area contributed by atoms with Crippen molar-refractivity contribution in [1.29, 1.82) is 0 Å². The van der Waals surface area contributed by atoms with Crippen molar-refractivity contribution in [2.24, 2.45) is 5.92 Å². The molecule has 1 amide bonds. The molecule has 0 fully saturated rings. The fourth-order valence-electron chi connectivity index (χ4n) is 2.80. The second-order valence-electron chi connectivity index (χ2n) is 5.64. The average Bonchev–Trinajstić information content (AvgIpc) is 3.15. The SMILES string of the molecule is COc1ccc(C(NC(=O)C2CC=CC2)c2ccncc2)cc1. The van der Waals surface area contributed by atoms with Crippen molar-refractivity contribution in [3.05, 3.63) is 72.1 Å². The molecule has 118 valence electrons. The molecular weight excluding hydrogens is 288 g/mol. The molecule has 1 aliphatic carbocycles. The van der Waals surface area contributed by atoms with Gasteiger partial charge in [0.25, 0.3) is 0 Å². The Bertz CT molecular complexity index is 672. The molecule has 0 saturated heterocycles. The van der Waals surface area contributed by atoms with E-state index in [-0.39, 0.29) is 17.9 Å². The molecule has 1 aromatic heterocycles. The van der Waals surface area contributed by atoms with Gasteiger partial charge in [0.05, 0.1) is 13.2 Å². The first-order valence-electron chi connectivity index (χ1n) is 7.77. The third-order valence-corrected chi connectivity index (χ3v) is 4.15. The minimum Gasteiger partial charge on any atom is -0.497 e. The first-order valence-corrected chi connectivity index (χ1v) is 7.77. The number of nitrogens with zero attached hydrogens (tertiary/aromatic N) is 1. The highest BCUT2D eigenvalue weighted by Crippen LogP contribution is 2.26. The predicted molar refractivity (Wildman–Crippen MR) is 89.1 cm³/mol. The molecule has 1 atom stereocenters. The Kier molecular flexibility index (Phi) is 4.71. The molecule has 1 heterocycles. The summed E-state index contributed by atoms with van der Waals surface area (Å²) in [4.78, 5) is 16.6. The van der Waals surface area contributed by atoms with Gasteiger partial charge >= 0.3 is 0 Å². The van der Waals surface area contributed by atoms with Crippen LogP contribution in [-0.2, 0) is 4.79 Å². The molecule has 0 saturated carbocycles. The number of hydrogen-bond donors (Lipinski definition) is 1. The lowest BCUT2D eigenvalue weighted by Gasteiger charge is -2.22. The van der Waals surface area contributed by atoms with Crippen LogP contribution in [0, 0.1) is 5.92 Å². The Hall–Kier alpha value is -2.62. The quantitative estimate of drug-likeness (QED) is 0.863. The molecule has 0 spiro atoms. The van der Waals surface area contributed by atoms with Gasteiger partial charge < -0.3 is 10.1 Å². The summed E-state index contributed by atoms with van der Waals surface area (Å²) >= 11 is 0. The molecule has 1 unspecified atom stereocenters. The first-order chi connectivity index (χ1) is 11.3. The molecule has 1 aromatic carbocycles. The molecule has 3 rings (SSSR count). The summed E-state index contributed by atoms with van der Waals surface area (Å²) in [6, 6.07) is 11.5. The van der Waals surface area contributed by atoms with E-state index in [2.05, 4.69) is 22.5 Å². The number of pyridine rings is 1. The number of allylic oxidation sites excluding steroid dienone is 2. The lowest BCUT2D eigenvalue weighted by atomic mass is 9.97. The number of ether oxygens (including phenoxy) is 1. The van der Waals surface area contributed by atoms with Gasteiger partial charge in [-0.05, 0) is 48.2 Å². The average molecular weight is 308 g/mol. The topological polar surface area (TPSA) is 51.2 Å². The number of benzene rings is 1. The van der Waals surface area contributed by atoms with Crippen LogP contribution in [0.15, 0.2) is 60.9 Å². The van der Waals surface area contributed by atoms with E-state index in [9.17, 15) is 4.79 Å². The van der Waals surface area contributed by atoms with Gasteiger partial charge in [0, 0.05) is 18.3 Å². The third kappa shape index (κ3) is 3.59. The number of nitrogens with one attached hydrogen (secondary N) is 1. The molecule has 2 aromatic rings. The number of carbonyl (C=O) groups excluding carboxylic acids is 1.